The van der Waals surface area contributed by atoms with Crippen LogP contribution in [-0.4, -0.2) is 28.9 Å². The predicted molar refractivity (Wildman–Crippen MR) is 132 cm³/mol. The van der Waals surface area contributed by atoms with Crippen LogP contribution in [0.4, 0.5) is 0 Å². The zero-order chi connectivity index (χ0) is 22.6. The Labute approximate surface area is 190 Å². The molecule has 0 saturated heterocycles. The molecular weight excluding hydrogens is 412 g/mol. The minimum atomic E-state index is -0.361. The van der Waals surface area contributed by atoms with Crippen LogP contribution in [0.15, 0.2) is 90.0 Å². The van der Waals surface area contributed by atoms with E-state index in [2.05, 4.69) is 51.1 Å². The van der Waals surface area contributed by atoms with E-state index in [4.69, 9.17) is 4.74 Å². The Hall–Kier alpha value is -4.45. The molecule has 1 amide bonds. The summed E-state index contributed by atoms with van der Waals surface area (Å²) in [6.45, 7) is 2.55. The summed E-state index contributed by atoms with van der Waals surface area (Å²) in [4.78, 5) is 12.6. The lowest BCUT2D eigenvalue weighted by molar-refractivity contribution is 0.0950. The van der Waals surface area contributed by atoms with Gasteiger partial charge >= 0.3 is 0 Å². The molecule has 0 fully saturated rings. The van der Waals surface area contributed by atoms with Gasteiger partial charge in [-0.05, 0) is 64.9 Å². The van der Waals surface area contributed by atoms with Crippen molar-refractivity contribution in [2.75, 3.05) is 6.61 Å². The zero-order valence-electron chi connectivity index (χ0n) is 18.1. The van der Waals surface area contributed by atoms with Gasteiger partial charge in [0.15, 0.2) is 0 Å². The maximum absolute atomic E-state index is 12.6. The highest BCUT2D eigenvalue weighted by Gasteiger charge is 2.11. The number of carbonyl (C=O) groups is 1. The second kappa shape index (κ2) is 8.96. The van der Waals surface area contributed by atoms with Gasteiger partial charge in [-0.1, -0.05) is 48.5 Å². The lowest BCUT2D eigenvalue weighted by atomic mass is 9.97. The summed E-state index contributed by atoms with van der Waals surface area (Å²) in [6.07, 6.45) is 1.70. The van der Waals surface area contributed by atoms with Crippen molar-refractivity contribution in [3.05, 3.63) is 96.2 Å². The number of aromatic amines is 1. The Bertz CT molecular complexity index is 1420. The van der Waals surface area contributed by atoms with Gasteiger partial charge in [0.05, 0.1) is 18.5 Å². The minimum Gasteiger partial charge on any atom is -0.494 e. The first-order valence-electron chi connectivity index (χ1n) is 10.8. The first-order valence-corrected chi connectivity index (χ1v) is 10.8. The maximum Gasteiger partial charge on any atom is 0.289 e. The number of hydrazone groups is 1. The lowest BCUT2D eigenvalue weighted by Crippen LogP contribution is -2.18. The lowest BCUT2D eigenvalue weighted by Gasteiger charge is -2.07. The second-order valence-electron chi connectivity index (χ2n) is 7.56. The molecule has 4 aromatic carbocycles. The van der Waals surface area contributed by atoms with E-state index >= 15 is 0 Å². The Balaban J connectivity index is 1.36. The number of nitrogens with zero attached hydrogens (tertiary/aromatic N) is 2. The molecule has 0 aliphatic heterocycles. The number of hydrogen-bond donors (Lipinski definition) is 2. The Morgan fingerprint density at radius 3 is 2.30 bits per heavy atom. The summed E-state index contributed by atoms with van der Waals surface area (Å²) in [6, 6.07) is 27.7. The van der Waals surface area contributed by atoms with Gasteiger partial charge in [0.2, 0.25) is 0 Å². The molecule has 2 N–H and O–H groups in total. The highest BCUT2D eigenvalue weighted by atomic mass is 16.5. The van der Waals surface area contributed by atoms with Crippen LogP contribution in [0.1, 0.15) is 23.0 Å². The smallest absolute Gasteiger partial charge is 0.289 e. The molecule has 0 atom stereocenters. The van der Waals surface area contributed by atoms with E-state index < -0.39 is 0 Å². The van der Waals surface area contributed by atoms with Gasteiger partial charge in [0.25, 0.3) is 5.91 Å². The number of fused-ring (bicyclic) bond motifs is 2. The van der Waals surface area contributed by atoms with Crippen molar-refractivity contribution in [2.24, 2.45) is 5.10 Å². The fourth-order valence-electron chi connectivity index (χ4n) is 3.88. The molecule has 0 spiro atoms. The highest BCUT2D eigenvalue weighted by Crippen LogP contribution is 2.27. The summed E-state index contributed by atoms with van der Waals surface area (Å²) in [5.74, 6) is 0.436. The number of aromatic nitrogens is 2. The Morgan fingerprint density at radius 1 is 0.970 bits per heavy atom. The van der Waals surface area contributed by atoms with E-state index in [1.807, 2.05) is 55.5 Å². The largest absolute Gasteiger partial charge is 0.494 e. The van der Waals surface area contributed by atoms with Crippen LogP contribution >= 0.6 is 0 Å². The summed E-state index contributed by atoms with van der Waals surface area (Å²) in [5.41, 5.74) is 5.46. The van der Waals surface area contributed by atoms with E-state index in [9.17, 15) is 4.79 Å². The first-order chi connectivity index (χ1) is 16.2. The molecule has 5 rings (SSSR count). The molecule has 6 nitrogen and oxygen atoms in total. The van der Waals surface area contributed by atoms with Crippen LogP contribution in [0.25, 0.3) is 32.8 Å². The molecule has 0 radical (unpaired) electrons. The number of rotatable bonds is 6. The summed E-state index contributed by atoms with van der Waals surface area (Å²) >= 11 is 0. The van der Waals surface area contributed by atoms with Crippen LogP contribution < -0.4 is 10.2 Å². The number of hydrogen-bond acceptors (Lipinski definition) is 4. The van der Waals surface area contributed by atoms with Gasteiger partial charge in [-0.25, -0.2) is 5.43 Å². The zero-order valence-corrected chi connectivity index (χ0v) is 18.1. The van der Waals surface area contributed by atoms with Crippen LogP contribution in [0.3, 0.4) is 0 Å². The van der Waals surface area contributed by atoms with E-state index in [0.29, 0.717) is 18.0 Å². The van der Waals surface area contributed by atoms with Crippen LogP contribution in [0, 0.1) is 0 Å². The fraction of sp³-hybridized carbons (Fsp3) is 0.0741. The normalized spacial score (nSPS) is 11.3. The first kappa shape index (κ1) is 20.5. The fourth-order valence-corrected chi connectivity index (χ4v) is 3.88. The third-order valence-electron chi connectivity index (χ3n) is 5.46. The third-order valence-corrected chi connectivity index (χ3v) is 5.46. The SMILES string of the molecule is CCOc1ccc(-c2cc(C(=O)N/N=C\c3c4ccccc4cc4ccccc34)[nH]n2)cc1. The van der Waals surface area contributed by atoms with Crippen LogP contribution in [0.2, 0.25) is 0 Å². The summed E-state index contributed by atoms with van der Waals surface area (Å²) in [5, 5.41) is 15.7. The molecule has 162 valence electrons. The van der Waals surface area contributed by atoms with E-state index in [-0.39, 0.29) is 5.91 Å². The molecule has 33 heavy (non-hydrogen) atoms. The van der Waals surface area contributed by atoms with Gasteiger partial charge in [-0.3, -0.25) is 9.89 Å². The van der Waals surface area contributed by atoms with Crippen molar-refractivity contribution in [2.45, 2.75) is 6.92 Å². The quantitative estimate of drug-likeness (QED) is 0.209. The average molecular weight is 434 g/mol. The predicted octanol–water partition coefficient (Wildman–Crippen LogP) is 5.55. The summed E-state index contributed by atoms with van der Waals surface area (Å²) < 4.78 is 5.47. The minimum absolute atomic E-state index is 0.332. The molecule has 0 saturated carbocycles. The van der Waals surface area contributed by atoms with Gasteiger partial charge < -0.3 is 4.74 Å². The molecular formula is C27H22N4O2. The maximum atomic E-state index is 12.6. The Kier molecular flexibility index (Phi) is 5.55. The number of nitrogens with one attached hydrogen (secondary N) is 2. The van der Waals surface area contributed by atoms with Crippen LogP contribution in [-0.2, 0) is 0 Å². The van der Waals surface area contributed by atoms with Gasteiger partial charge in [-0.15, -0.1) is 0 Å². The highest BCUT2D eigenvalue weighted by molar-refractivity contribution is 6.13. The molecule has 0 unspecified atom stereocenters. The molecule has 0 bridgehead atoms. The van der Waals surface area contributed by atoms with Crippen molar-refractivity contribution in [1.82, 2.24) is 15.6 Å². The monoisotopic (exact) mass is 434 g/mol. The number of amides is 1. The van der Waals surface area contributed by atoms with Crippen molar-refractivity contribution in [3.63, 3.8) is 0 Å². The van der Waals surface area contributed by atoms with Gasteiger partial charge in [0.1, 0.15) is 11.4 Å². The number of carbonyl (C=O) groups excluding carboxylic acids is 1. The molecule has 6 heteroatoms. The molecule has 5 aromatic rings. The van der Waals surface area contributed by atoms with Crippen molar-refractivity contribution in [1.29, 1.82) is 0 Å². The molecule has 1 heterocycles. The standard InChI is InChI=1S/C27H22N4O2/c1-2-33-21-13-11-18(12-14-21)25-16-26(30-29-25)27(32)31-28-17-24-22-9-5-3-7-19(22)15-20-8-4-6-10-23(20)24/h3-17H,2H2,1H3,(H,29,30)(H,31,32)/b28-17-. The number of H-pyrrole nitrogens is 1. The number of ether oxygens (including phenoxy) is 1. The summed E-state index contributed by atoms with van der Waals surface area (Å²) in [7, 11) is 0. The van der Waals surface area contributed by atoms with E-state index in [0.717, 1.165) is 38.4 Å². The molecule has 0 aliphatic rings. The molecule has 1 aromatic heterocycles. The topological polar surface area (TPSA) is 79.4 Å². The van der Waals surface area contributed by atoms with Gasteiger partial charge in [0, 0.05) is 11.1 Å². The van der Waals surface area contributed by atoms with E-state index in [1.165, 1.54) is 0 Å². The van der Waals surface area contributed by atoms with Gasteiger partial charge in [-0.2, -0.15) is 10.2 Å². The Morgan fingerprint density at radius 2 is 1.64 bits per heavy atom. The van der Waals surface area contributed by atoms with Crippen molar-refractivity contribution < 1.29 is 9.53 Å². The van der Waals surface area contributed by atoms with Crippen LogP contribution in [0.5, 0.6) is 5.75 Å². The molecule has 0 aliphatic carbocycles. The second-order valence-corrected chi connectivity index (χ2v) is 7.56. The number of benzene rings is 4. The third kappa shape index (κ3) is 4.19. The average Bonchev–Trinajstić information content (AvgIpc) is 3.35. The van der Waals surface area contributed by atoms with Crippen molar-refractivity contribution in [3.8, 4) is 17.0 Å². The van der Waals surface area contributed by atoms with E-state index in [1.54, 1.807) is 12.3 Å². The van der Waals surface area contributed by atoms with Crippen molar-refractivity contribution >= 4 is 33.7 Å².